The van der Waals surface area contributed by atoms with E-state index >= 15 is 0 Å². The van der Waals surface area contributed by atoms with Crippen molar-refractivity contribution in [1.82, 2.24) is 0 Å². The van der Waals surface area contributed by atoms with Crippen molar-refractivity contribution in [3.8, 4) is 0 Å². The lowest BCUT2D eigenvalue weighted by molar-refractivity contribution is -0.146. The highest BCUT2D eigenvalue weighted by atomic mass is 16.4. The zero-order chi connectivity index (χ0) is 11.7. The lowest BCUT2D eigenvalue weighted by Gasteiger charge is -2.40. The van der Waals surface area contributed by atoms with E-state index in [4.69, 9.17) is 10.2 Å². The summed E-state index contributed by atoms with van der Waals surface area (Å²) in [5.41, 5.74) is 0. The minimum absolute atomic E-state index is 0.242. The SMILES string of the molecule is O=C(O)C1CCC2CCC(C(=O)O)CC2C1. The molecule has 0 aliphatic heterocycles. The molecule has 4 nitrogen and oxygen atoms in total. The molecule has 0 aromatic rings. The molecule has 2 N–H and O–H groups in total. The third-order valence-electron chi connectivity index (χ3n) is 4.31. The van der Waals surface area contributed by atoms with Crippen molar-refractivity contribution in [2.24, 2.45) is 23.7 Å². The molecule has 0 amide bonds. The van der Waals surface area contributed by atoms with E-state index in [1.54, 1.807) is 0 Å². The van der Waals surface area contributed by atoms with E-state index in [1.165, 1.54) is 0 Å². The fourth-order valence-corrected chi connectivity index (χ4v) is 3.34. The Morgan fingerprint density at radius 3 is 1.56 bits per heavy atom. The number of carbonyl (C=O) groups is 2. The molecule has 2 aliphatic rings. The maximum Gasteiger partial charge on any atom is 0.306 e. The molecule has 0 radical (unpaired) electrons. The normalized spacial score (nSPS) is 38.8. The molecule has 2 rings (SSSR count). The van der Waals surface area contributed by atoms with Crippen LogP contribution in [0.25, 0.3) is 0 Å². The highest BCUT2D eigenvalue weighted by Crippen LogP contribution is 2.44. The molecule has 2 saturated carbocycles. The average molecular weight is 226 g/mol. The lowest BCUT2D eigenvalue weighted by Crippen LogP contribution is -2.35. The Labute approximate surface area is 94.7 Å². The molecule has 0 aromatic heterocycles. The van der Waals surface area contributed by atoms with Crippen molar-refractivity contribution >= 4 is 11.9 Å². The summed E-state index contributed by atoms with van der Waals surface area (Å²) in [5, 5.41) is 18.0. The second-order valence-corrected chi connectivity index (χ2v) is 5.22. The predicted octanol–water partition coefficient (Wildman–Crippen LogP) is 1.99. The molecule has 2 aliphatic carbocycles. The molecule has 90 valence electrons. The van der Waals surface area contributed by atoms with E-state index in [1.807, 2.05) is 0 Å². The van der Waals surface area contributed by atoms with Crippen LogP contribution in [-0.2, 0) is 9.59 Å². The number of carboxylic acids is 2. The minimum atomic E-state index is -0.712. The smallest absolute Gasteiger partial charge is 0.306 e. The van der Waals surface area contributed by atoms with E-state index in [2.05, 4.69) is 0 Å². The van der Waals surface area contributed by atoms with E-state index in [0.29, 0.717) is 24.7 Å². The number of aliphatic carboxylic acids is 2. The zero-order valence-corrected chi connectivity index (χ0v) is 9.26. The van der Waals surface area contributed by atoms with Crippen LogP contribution in [0.15, 0.2) is 0 Å². The maximum atomic E-state index is 10.9. The Bertz CT molecular complexity index is 271. The van der Waals surface area contributed by atoms with Crippen LogP contribution >= 0.6 is 0 Å². The number of fused-ring (bicyclic) bond motifs is 1. The van der Waals surface area contributed by atoms with Crippen molar-refractivity contribution in [2.75, 3.05) is 0 Å². The van der Waals surface area contributed by atoms with Gasteiger partial charge < -0.3 is 10.2 Å². The Hall–Kier alpha value is -1.06. The topological polar surface area (TPSA) is 74.6 Å². The molecule has 0 saturated heterocycles. The van der Waals surface area contributed by atoms with Gasteiger partial charge in [-0.2, -0.15) is 0 Å². The third-order valence-corrected chi connectivity index (χ3v) is 4.31. The molecule has 0 spiro atoms. The fraction of sp³-hybridized carbons (Fsp3) is 0.833. The van der Waals surface area contributed by atoms with Crippen molar-refractivity contribution in [1.29, 1.82) is 0 Å². The van der Waals surface area contributed by atoms with E-state index in [-0.39, 0.29) is 11.8 Å². The van der Waals surface area contributed by atoms with Gasteiger partial charge >= 0.3 is 11.9 Å². The molecule has 0 aromatic carbocycles. The van der Waals surface area contributed by atoms with Gasteiger partial charge in [0.15, 0.2) is 0 Å². The van der Waals surface area contributed by atoms with E-state index in [9.17, 15) is 9.59 Å². The Kier molecular flexibility index (Phi) is 3.17. The first-order valence-corrected chi connectivity index (χ1v) is 6.03. The van der Waals surface area contributed by atoms with Crippen molar-refractivity contribution in [3.63, 3.8) is 0 Å². The van der Waals surface area contributed by atoms with Gasteiger partial charge in [-0.1, -0.05) is 0 Å². The van der Waals surface area contributed by atoms with E-state index < -0.39 is 11.9 Å². The maximum absolute atomic E-state index is 10.9. The summed E-state index contributed by atoms with van der Waals surface area (Å²) in [4.78, 5) is 21.9. The Balaban J connectivity index is 1.98. The molecule has 0 bridgehead atoms. The van der Waals surface area contributed by atoms with Gasteiger partial charge in [0.25, 0.3) is 0 Å². The summed E-state index contributed by atoms with van der Waals surface area (Å²) in [6.45, 7) is 0. The first kappa shape index (κ1) is 11.4. The van der Waals surface area contributed by atoms with Crippen molar-refractivity contribution in [2.45, 2.75) is 38.5 Å². The van der Waals surface area contributed by atoms with Crippen LogP contribution in [0, 0.1) is 23.7 Å². The molecule has 0 heterocycles. The fourth-order valence-electron chi connectivity index (χ4n) is 3.34. The van der Waals surface area contributed by atoms with Gasteiger partial charge in [0, 0.05) is 0 Å². The average Bonchev–Trinajstić information content (AvgIpc) is 2.27. The van der Waals surface area contributed by atoms with Gasteiger partial charge in [0.05, 0.1) is 11.8 Å². The molecule has 4 heteroatoms. The highest BCUT2D eigenvalue weighted by Gasteiger charge is 2.39. The summed E-state index contributed by atoms with van der Waals surface area (Å²) < 4.78 is 0. The number of carboxylic acid groups (broad SMARTS) is 2. The van der Waals surface area contributed by atoms with Gasteiger partial charge in [-0.3, -0.25) is 9.59 Å². The van der Waals surface area contributed by atoms with Crippen LogP contribution in [-0.4, -0.2) is 22.2 Å². The van der Waals surface area contributed by atoms with Crippen LogP contribution in [0.3, 0.4) is 0 Å². The molecule has 2 fully saturated rings. The molecular weight excluding hydrogens is 208 g/mol. The number of hydrogen-bond donors (Lipinski definition) is 2. The van der Waals surface area contributed by atoms with Gasteiger partial charge in [-0.05, 0) is 50.4 Å². The van der Waals surface area contributed by atoms with Gasteiger partial charge in [-0.15, -0.1) is 0 Å². The summed E-state index contributed by atoms with van der Waals surface area (Å²) in [6.07, 6.45) is 4.85. The second kappa shape index (κ2) is 4.44. The molecule has 2 unspecified atom stereocenters. The third kappa shape index (κ3) is 2.20. The van der Waals surface area contributed by atoms with Crippen molar-refractivity contribution in [3.05, 3.63) is 0 Å². The number of hydrogen-bond acceptors (Lipinski definition) is 2. The summed E-state index contributed by atoms with van der Waals surface area (Å²) in [5.74, 6) is -1.01. The standard InChI is InChI=1S/C12H18O4/c13-11(14)8-3-1-7-2-4-9(12(15)16)6-10(7)5-8/h7-10H,1-6H2,(H,13,14)(H,15,16). The number of rotatable bonds is 2. The first-order valence-electron chi connectivity index (χ1n) is 6.03. The Morgan fingerprint density at radius 2 is 1.19 bits per heavy atom. The monoisotopic (exact) mass is 226 g/mol. The minimum Gasteiger partial charge on any atom is -0.481 e. The highest BCUT2D eigenvalue weighted by molar-refractivity contribution is 5.71. The van der Waals surface area contributed by atoms with Gasteiger partial charge in [0.2, 0.25) is 0 Å². The van der Waals surface area contributed by atoms with Crippen molar-refractivity contribution < 1.29 is 19.8 Å². The van der Waals surface area contributed by atoms with Crippen LogP contribution in [0.4, 0.5) is 0 Å². The molecule has 16 heavy (non-hydrogen) atoms. The van der Waals surface area contributed by atoms with Gasteiger partial charge in [0.1, 0.15) is 0 Å². The predicted molar refractivity (Wildman–Crippen MR) is 56.9 cm³/mol. The molecular formula is C12H18O4. The summed E-state index contributed by atoms with van der Waals surface area (Å²) >= 11 is 0. The van der Waals surface area contributed by atoms with Crippen LogP contribution in [0.1, 0.15) is 38.5 Å². The van der Waals surface area contributed by atoms with E-state index in [0.717, 1.165) is 25.7 Å². The largest absolute Gasteiger partial charge is 0.481 e. The summed E-state index contributed by atoms with van der Waals surface area (Å²) in [7, 11) is 0. The van der Waals surface area contributed by atoms with Gasteiger partial charge in [-0.25, -0.2) is 0 Å². The molecule has 2 atom stereocenters. The van der Waals surface area contributed by atoms with Crippen LogP contribution < -0.4 is 0 Å². The first-order chi connectivity index (χ1) is 7.58. The van der Waals surface area contributed by atoms with Crippen LogP contribution in [0.2, 0.25) is 0 Å². The Morgan fingerprint density at radius 1 is 0.750 bits per heavy atom. The zero-order valence-electron chi connectivity index (χ0n) is 9.26. The quantitative estimate of drug-likeness (QED) is 0.755. The lowest BCUT2D eigenvalue weighted by atomic mass is 9.65. The summed E-state index contributed by atoms with van der Waals surface area (Å²) in [6, 6.07) is 0. The van der Waals surface area contributed by atoms with Crippen LogP contribution in [0.5, 0.6) is 0 Å². The second-order valence-electron chi connectivity index (χ2n) is 5.22.